The SMILES string of the molecule is CC(CN)C(=O)N1CCCC[C@H]1C(=O)O. The third-order valence-corrected chi connectivity index (χ3v) is 2.85. The van der Waals surface area contributed by atoms with E-state index >= 15 is 0 Å². The normalized spacial score (nSPS) is 23.6. The number of nitrogens with zero attached hydrogens (tertiary/aromatic N) is 1. The van der Waals surface area contributed by atoms with Crippen LogP contribution in [0.5, 0.6) is 0 Å². The maximum absolute atomic E-state index is 11.8. The first kappa shape index (κ1) is 12.0. The Balaban J connectivity index is 2.71. The number of carboxylic acids is 1. The molecule has 1 fully saturated rings. The van der Waals surface area contributed by atoms with Crippen LogP contribution in [0.1, 0.15) is 26.2 Å². The van der Waals surface area contributed by atoms with E-state index in [2.05, 4.69) is 0 Å². The Labute approximate surface area is 89.2 Å². The van der Waals surface area contributed by atoms with E-state index in [-0.39, 0.29) is 18.4 Å². The summed E-state index contributed by atoms with van der Waals surface area (Å²) in [4.78, 5) is 24.2. The maximum Gasteiger partial charge on any atom is 0.326 e. The van der Waals surface area contributed by atoms with Crippen LogP contribution in [0.2, 0.25) is 0 Å². The van der Waals surface area contributed by atoms with Gasteiger partial charge in [-0.25, -0.2) is 4.79 Å². The quantitative estimate of drug-likeness (QED) is 0.695. The number of hydrogen-bond acceptors (Lipinski definition) is 3. The highest BCUT2D eigenvalue weighted by atomic mass is 16.4. The summed E-state index contributed by atoms with van der Waals surface area (Å²) in [6.45, 7) is 2.54. The number of hydrogen-bond donors (Lipinski definition) is 2. The van der Waals surface area contributed by atoms with Gasteiger partial charge >= 0.3 is 5.97 Å². The first-order chi connectivity index (χ1) is 7.07. The van der Waals surface area contributed by atoms with Gasteiger partial charge in [0.15, 0.2) is 0 Å². The van der Waals surface area contributed by atoms with E-state index in [0.29, 0.717) is 13.0 Å². The molecule has 86 valence electrons. The zero-order chi connectivity index (χ0) is 11.4. The van der Waals surface area contributed by atoms with E-state index in [1.807, 2.05) is 0 Å². The predicted molar refractivity (Wildman–Crippen MR) is 55.2 cm³/mol. The summed E-state index contributed by atoms with van der Waals surface area (Å²) in [5, 5.41) is 8.99. The monoisotopic (exact) mass is 214 g/mol. The molecule has 1 saturated heterocycles. The minimum atomic E-state index is -0.910. The summed E-state index contributed by atoms with van der Waals surface area (Å²) >= 11 is 0. The Morgan fingerprint density at radius 1 is 1.53 bits per heavy atom. The summed E-state index contributed by atoms with van der Waals surface area (Å²) in [5.74, 6) is -1.33. The van der Waals surface area contributed by atoms with Crippen LogP contribution in [-0.4, -0.2) is 41.0 Å². The van der Waals surface area contributed by atoms with E-state index in [1.165, 1.54) is 4.90 Å². The van der Waals surface area contributed by atoms with Crippen molar-refractivity contribution in [3.63, 3.8) is 0 Å². The molecule has 0 aromatic carbocycles. The molecule has 0 saturated carbocycles. The number of piperidine rings is 1. The summed E-state index contributed by atoms with van der Waals surface area (Å²) in [7, 11) is 0. The first-order valence-electron chi connectivity index (χ1n) is 5.31. The molecule has 0 spiro atoms. The Morgan fingerprint density at radius 2 is 2.20 bits per heavy atom. The first-order valence-corrected chi connectivity index (χ1v) is 5.31. The van der Waals surface area contributed by atoms with Crippen LogP contribution < -0.4 is 5.73 Å². The molecule has 5 heteroatoms. The molecule has 0 aliphatic carbocycles. The summed E-state index contributed by atoms with van der Waals surface area (Å²) < 4.78 is 0. The molecule has 2 atom stereocenters. The molecule has 5 nitrogen and oxygen atoms in total. The third-order valence-electron chi connectivity index (χ3n) is 2.85. The molecule has 0 aromatic heterocycles. The van der Waals surface area contributed by atoms with Gasteiger partial charge in [-0.1, -0.05) is 6.92 Å². The zero-order valence-corrected chi connectivity index (χ0v) is 8.98. The largest absolute Gasteiger partial charge is 0.480 e. The smallest absolute Gasteiger partial charge is 0.326 e. The van der Waals surface area contributed by atoms with Crippen LogP contribution in [0.25, 0.3) is 0 Å². The number of rotatable bonds is 3. The second-order valence-electron chi connectivity index (χ2n) is 4.02. The van der Waals surface area contributed by atoms with Gasteiger partial charge in [-0.15, -0.1) is 0 Å². The van der Waals surface area contributed by atoms with Crippen LogP contribution in [0.3, 0.4) is 0 Å². The minimum Gasteiger partial charge on any atom is -0.480 e. The summed E-state index contributed by atoms with van der Waals surface area (Å²) in [5.41, 5.74) is 5.41. The standard InChI is InChI=1S/C10H18N2O3/c1-7(6-11)9(13)12-5-3-2-4-8(12)10(14)15/h7-8H,2-6,11H2,1H3,(H,14,15)/t7?,8-/m0/s1. The molecule has 1 aliphatic heterocycles. The van der Waals surface area contributed by atoms with Gasteiger partial charge in [0, 0.05) is 19.0 Å². The number of amides is 1. The lowest BCUT2D eigenvalue weighted by molar-refractivity contribution is -0.153. The molecular formula is C10H18N2O3. The van der Waals surface area contributed by atoms with Crippen molar-refractivity contribution in [1.82, 2.24) is 4.90 Å². The van der Waals surface area contributed by atoms with E-state index in [4.69, 9.17) is 10.8 Å². The molecule has 1 aliphatic rings. The van der Waals surface area contributed by atoms with Crippen molar-refractivity contribution < 1.29 is 14.7 Å². The van der Waals surface area contributed by atoms with Crippen LogP contribution in [0, 0.1) is 5.92 Å². The van der Waals surface area contributed by atoms with Gasteiger partial charge < -0.3 is 15.7 Å². The fourth-order valence-electron chi connectivity index (χ4n) is 1.84. The summed E-state index contributed by atoms with van der Waals surface area (Å²) in [6.07, 6.45) is 2.31. The van der Waals surface area contributed by atoms with Crippen LogP contribution in [-0.2, 0) is 9.59 Å². The van der Waals surface area contributed by atoms with Gasteiger partial charge in [-0.3, -0.25) is 4.79 Å². The predicted octanol–water partition coefficient (Wildman–Crippen LogP) is 0.0469. The van der Waals surface area contributed by atoms with Crippen molar-refractivity contribution >= 4 is 11.9 Å². The molecule has 1 unspecified atom stereocenters. The lowest BCUT2D eigenvalue weighted by Gasteiger charge is -2.34. The van der Waals surface area contributed by atoms with Crippen LogP contribution in [0.4, 0.5) is 0 Å². The number of carbonyl (C=O) groups is 2. The fraction of sp³-hybridized carbons (Fsp3) is 0.800. The van der Waals surface area contributed by atoms with Crippen molar-refractivity contribution in [3.05, 3.63) is 0 Å². The van der Waals surface area contributed by atoms with Gasteiger partial charge in [0.25, 0.3) is 0 Å². The number of likely N-dealkylation sites (tertiary alicyclic amines) is 1. The Kier molecular flexibility index (Phi) is 4.08. The van der Waals surface area contributed by atoms with Crippen LogP contribution in [0.15, 0.2) is 0 Å². The average molecular weight is 214 g/mol. The van der Waals surface area contributed by atoms with Gasteiger partial charge in [-0.05, 0) is 19.3 Å². The van der Waals surface area contributed by atoms with Crippen LogP contribution >= 0.6 is 0 Å². The van der Waals surface area contributed by atoms with Crippen molar-refractivity contribution in [2.24, 2.45) is 11.7 Å². The number of carboxylic acid groups (broad SMARTS) is 1. The topological polar surface area (TPSA) is 83.6 Å². The average Bonchev–Trinajstić information content (AvgIpc) is 2.27. The van der Waals surface area contributed by atoms with Gasteiger partial charge in [0.2, 0.25) is 5.91 Å². The lowest BCUT2D eigenvalue weighted by Crippen LogP contribution is -2.50. The number of aliphatic carboxylic acids is 1. The fourth-order valence-corrected chi connectivity index (χ4v) is 1.84. The third kappa shape index (κ3) is 2.68. The maximum atomic E-state index is 11.8. The molecule has 1 rings (SSSR count). The van der Waals surface area contributed by atoms with Gasteiger partial charge in [-0.2, -0.15) is 0 Å². The Morgan fingerprint density at radius 3 is 2.73 bits per heavy atom. The van der Waals surface area contributed by atoms with Crippen molar-refractivity contribution in [3.8, 4) is 0 Å². The van der Waals surface area contributed by atoms with Crippen molar-refractivity contribution in [1.29, 1.82) is 0 Å². The molecule has 0 radical (unpaired) electrons. The molecule has 1 heterocycles. The zero-order valence-electron chi connectivity index (χ0n) is 8.98. The molecule has 15 heavy (non-hydrogen) atoms. The molecule has 0 bridgehead atoms. The second-order valence-corrected chi connectivity index (χ2v) is 4.02. The van der Waals surface area contributed by atoms with Gasteiger partial charge in [0.05, 0.1) is 0 Å². The molecular weight excluding hydrogens is 196 g/mol. The highest BCUT2D eigenvalue weighted by molar-refractivity contribution is 5.85. The molecule has 0 aromatic rings. The second kappa shape index (κ2) is 5.11. The van der Waals surface area contributed by atoms with E-state index in [1.54, 1.807) is 6.92 Å². The molecule has 3 N–H and O–H groups in total. The Hall–Kier alpha value is -1.10. The highest BCUT2D eigenvalue weighted by Gasteiger charge is 2.33. The highest BCUT2D eigenvalue weighted by Crippen LogP contribution is 2.19. The van der Waals surface area contributed by atoms with E-state index in [9.17, 15) is 9.59 Å². The van der Waals surface area contributed by atoms with Gasteiger partial charge in [0.1, 0.15) is 6.04 Å². The lowest BCUT2D eigenvalue weighted by atomic mass is 10.00. The number of carbonyl (C=O) groups excluding carboxylic acids is 1. The van der Waals surface area contributed by atoms with E-state index in [0.717, 1.165) is 12.8 Å². The van der Waals surface area contributed by atoms with Crippen molar-refractivity contribution in [2.75, 3.05) is 13.1 Å². The molecule has 1 amide bonds. The number of nitrogens with two attached hydrogens (primary N) is 1. The minimum absolute atomic E-state index is 0.135. The Bertz CT molecular complexity index is 255. The van der Waals surface area contributed by atoms with E-state index < -0.39 is 12.0 Å². The van der Waals surface area contributed by atoms with Crippen molar-refractivity contribution in [2.45, 2.75) is 32.2 Å². The summed E-state index contributed by atoms with van der Waals surface area (Å²) in [6, 6.07) is -0.653.